The van der Waals surface area contributed by atoms with Crippen molar-refractivity contribution in [2.24, 2.45) is 0 Å². The molecule has 0 bridgehead atoms. The molecule has 0 radical (unpaired) electrons. The monoisotopic (exact) mass is 490 g/mol. The highest BCUT2D eigenvalue weighted by molar-refractivity contribution is 7.99. The molecule has 9 heteroatoms. The Kier molecular flexibility index (Phi) is 8.20. The van der Waals surface area contributed by atoms with Gasteiger partial charge in [-0.25, -0.2) is 8.42 Å². The number of carbonyl (C=O) groups excluding carboxylic acids is 1. The fourth-order valence-corrected chi connectivity index (χ4v) is 5.24. The highest BCUT2D eigenvalue weighted by Gasteiger charge is 2.23. The fourth-order valence-electron chi connectivity index (χ4n) is 2.79. The molecule has 32 heavy (non-hydrogen) atoms. The smallest absolute Gasteiger partial charge is 0.242 e. The van der Waals surface area contributed by atoms with Crippen LogP contribution in [0, 0.1) is 0 Å². The Hall–Kier alpha value is -2.52. The third kappa shape index (κ3) is 6.26. The van der Waals surface area contributed by atoms with E-state index in [1.165, 1.54) is 36.9 Å². The topological polar surface area (TPSA) is 84.5 Å². The van der Waals surface area contributed by atoms with Gasteiger partial charge in [0.25, 0.3) is 0 Å². The summed E-state index contributed by atoms with van der Waals surface area (Å²) in [5.74, 6) is -0.0850. The van der Waals surface area contributed by atoms with E-state index in [0.29, 0.717) is 18.0 Å². The van der Waals surface area contributed by atoms with Crippen molar-refractivity contribution in [1.29, 1.82) is 0 Å². The van der Waals surface area contributed by atoms with Crippen LogP contribution < -0.4 is 14.8 Å². The molecule has 1 amide bonds. The summed E-state index contributed by atoms with van der Waals surface area (Å²) in [6.45, 7) is 3.70. The van der Waals surface area contributed by atoms with Gasteiger partial charge in [0.1, 0.15) is 5.75 Å². The number of para-hydroxylation sites is 1. The van der Waals surface area contributed by atoms with Crippen LogP contribution >= 0.6 is 23.4 Å². The zero-order valence-electron chi connectivity index (χ0n) is 17.5. The molecular formula is C23H23ClN2O4S2. The first-order valence-corrected chi connectivity index (χ1v) is 12.6. The van der Waals surface area contributed by atoms with Crippen LogP contribution in [-0.2, 0) is 14.8 Å². The van der Waals surface area contributed by atoms with Gasteiger partial charge in [0.15, 0.2) is 0 Å². The third-order valence-electron chi connectivity index (χ3n) is 4.35. The lowest BCUT2D eigenvalue weighted by Gasteiger charge is -2.16. The summed E-state index contributed by atoms with van der Waals surface area (Å²) in [6, 6.07) is 20.3. The predicted octanol–water partition coefficient (Wildman–Crippen LogP) is 5.20. The lowest BCUT2D eigenvalue weighted by molar-refractivity contribution is -0.117. The van der Waals surface area contributed by atoms with Gasteiger partial charge in [-0.2, -0.15) is 4.72 Å². The molecule has 0 aliphatic rings. The predicted molar refractivity (Wildman–Crippen MR) is 128 cm³/mol. The molecule has 0 fully saturated rings. The maximum Gasteiger partial charge on any atom is 0.242 e. The third-order valence-corrected chi connectivity index (χ3v) is 7.27. The Morgan fingerprint density at radius 2 is 1.75 bits per heavy atom. The largest absolute Gasteiger partial charge is 0.492 e. The Balaban J connectivity index is 1.71. The minimum absolute atomic E-state index is 0.0503. The molecular weight excluding hydrogens is 468 g/mol. The van der Waals surface area contributed by atoms with Gasteiger partial charge in [-0.05, 0) is 56.3 Å². The minimum Gasteiger partial charge on any atom is -0.492 e. The van der Waals surface area contributed by atoms with Crippen LogP contribution in [0.4, 0.5) is 5.69 Å². The van der Waals surface area contributed by atoms with E-state index in [1.54, 1.807) is 19.1 Å². The van der Waals surface area contributed by atoms with Crippen LogP contribution in [0.1, 0.15) is 13.8 Å². The number of nitrogens with one attached hydrogen (secondary N) is 2. The van der Waals surface area contributed by atoms with Crippen molar-refractivity contribution in [3.63, 3.8) is 0 Å². The van der Waals surface area contributed by atoms with Gasteiger partial charge < -0.3 is 10.1 Å². The molecule has 0 heterocycles. The molecule has 1 atom stereocenters. The highest BCUT2D eigenvalue weighted by Crippen LogP contribution is 2.33. The van der Waals surface area contributed by atoms with E-state index in [4.69, 9.17) is 16.3 Å². The van der Waals surface area contributed by atoms with Crippen molar-refractivity contribution in [2.75, 3.05) is 11.9 Å². The van der Waals surface area contributed by atoms with Gasteiger partial charge in [-0.3, -0.25) is 4.79 Å². The summed E-state index contributed by atoms with van der Waals surface area (Å²) in [7, 11) is -3.97. The summed E-state index contributed by atoms with van der Waals surface area (Å²) in [4.78, 5) is 14.6. The van der Waals surface area contributed by atoms with Crippen molar-refractivity contribution >= 4 is 45.0 Å². The van der Waals surface area contributed by atoms with Crippen LogP contribution in [0.15, 0.2) is 87.5 Å². The number of anilines is 1. The van der Waals surface area contributed by atoms with Crippen LogP contribution in [0.5, 0.6) is 5.75 Å². The SMILES string of the molecule is CCOc1ccc(S(=O)(=O)N[C@H](C)C(=O)Nc2ccccc2Sc2ccccc2)cc1Cl. The summed E-state index contributed by atoms with van der Waals surface area (Å²) < 4.78 is 33.2. The Bertz CT molecular complexity index is 1190. The summed E-state index contributed by atoms with van der Waals surface area (Å²) in [6.07, 6.45) is 0. The molecule has 3 aromatic carbocycles. The van der Waals surface area contributed by atoms with E-state index >= 15 is 0 Å². The Labute approximate surface area is 197 Å². The number of hydrogen-bond acceptors (Lipinski definition) is 5. The Morgan fingerprint density at radius 3 is 2.44 bits per heavy atom. The van der Waals surface area contributed by atoms with Crippen LogP contribution in [0.25, 0.3) is 0 Å². The second-order valence-electron chi connectivity index (χ2n) is 6.77. The quantitative estimate of drug-likeness (QED) is 0.431. The molecule has 0 saturated heterocycles. The number of ether oxygens (including phenoxy) is 1. The van der Waals surface area contributed by atoms with E-state index in [-0.39, 0.29) is 9.92 Å². The first-order valence-electron chi connectivity index (χ1n) is 9.87. The molecule has 2 N–H and O–H groups in total. The minimum atomic E-state index is -3.97. The number of hydrogen-bond donors (Lipinski definition) is 2. The van der Waals surface area contributed by atoms with Gasteiger partial charge in [0, 0.05) is 9.79 Å². The first kappa shape index (κ1) is 24.1. The summed E-state index contributed by atoms with van der Waals surface area (Å²) in [5, 5.41) is 2.99. The zero-order chi connectivity index (χ0) is 23.1. The summed E-state index contributed by atoms with van der Waals surface area (Å²) >= 11 is 7.61. The summed E-state index contributed by atoms with van der Waals surface area (Å²) in [5.41, 5.74) is 0.599. The van der Waals surface area contributed by atoms with Crippen LogP contribution in [-0.4, -0.2) is 27.0 Å². The maximum atomic E-state index is 12.7. The standard InChI is InChI=1S/C23H23ClN2O4S2/c1-3-30-21-14-13-18(15-19(21)24)32(28,29)26-16(2)23(27)25-20-11-7-8-12-22(20)31-17-9-5-4-6-10-17/h4-16,26H,3H2,1-2H3,(H,25,27)/t16-/m1/s1. The Morgan fingerprint density at radius 1 is 1.06 bits per heavy atom. The lowest BCUT2D eigenvalue weighted by atomic mass is 10.3. The normalized spacial score (nSPS) is 12.2. The van der Waals surface area contributed by atoms with Crippen LogP contribution in [0.3, 0.4) is 0 Å². The van der Waals surface area contributed by atoms with Crippen LogP contribution in [0.2, 0.25) is 5.02 Å². The molecule has 3 rings (SSSR count). The molecule has 0 aromatic heterocycles. The number of carbonyl (C=O) groups is 1. The fraction of sp³-hybridized carbons (Fsp3) is 0.174. The molecule has 6 nitrogen and oxygen atoms in total. The average molecular weight is 491 g/mol. The highest BCUT2D eigenvalue weighted by atomic mass is 35.5. The van der Waals surface area contributed by atoms with E-state index in [0.717, 1.165) is 9.79 Å². The second-order valence-corrected chi connectivity index (χ2v) is 10.0. The molecule has 168 valence electrons. The van der Waals surface area contributed by atoms with E-state index in [1.807, 2.05) is 42.5 Å². The van der Waals surface area contributed by atoms with Gasteiger partial charge in [-0.15, -0.1) is 0 Å². The average Bonchev–Trinajstić information content (AvgIpc) is 2.77. The number of sulfonamides is 1. The van der Waals surface area contributed by atoms with Crippen molar-refractivity contribution in [3.8, 4) is 5.75 Å². The first-order chi connectivity index (χ1) is 15.3. The van der Waals surface area contributed by atoms with Crippen molar-refractivity contribution in [3.05, 3.63) is 77.8 Å². The molecule has 0 aliphatic heterocycles. The van der Waals surface area contributed by atoms with Gasteiger partial charge in [0.2, 0.25) is 15.9 Å². The molecule has 3 aromatic rings. The van der Waals surface area contributed by atoms with E-state index < -0.39 is 22.0 Å². The van der Waals surface area contributed by atoms with Gasteiger partial charge >= 0.3 is 0 Å². The molecule has 0 spiro atoms. The lowest BCUT2D eigenvalue weighted by Crippen LogP contribution is -2.41. The van der Waals surface area contributed by atoms with E-state index in [2.05, 4.69) is 10.0 Å². The van der Waals surface area contributed by atoms with Gasteiger partial charge in [-0.1, -0.05) is 53.7 Å². The number of rotatable bonds is 9. The number of benzene rings is 3. The number of amides is 1. The van der Waals surface area contributed by atoms with Crippen molar-refractivity contribution in [2.45, 2.75) is 34.6 Å². The number of halogens is 1. The molecule has 0 saturated carbocycles. The van der Waals surface area contributed by atoms with Crippen molar-refractivity contribution < 1.29 is 17.9 Å². The second kappa shape index (κ2) is 10.9. The zero-order valence-corrected chi connectivity index (χ0v) is 19.9. The van der Waals surface area contributed by atoms with Crippen molar-refractivity contribution in [1.82, 2.24) is 4.72 Å². The molecule has 0 aliphatic carbocycles. The van der Waals surface area contributed by atoms with E-state index in [9.17, 15) is 13.2 Å². The van der Waals surface area contributed by atoms with Gasteiger partial charge in [0.05, 0.1) is 28.3 Å². The molecule has 0 unspecified atom stereocenters. The maximum absolute atomic E-state index is 12.7.